The van der Waals surface area contributed by atoms with Crippen molar-refractivity contribution in [3.63, 3.8) is 0 Å². The van der Waals surface area contributed by atoms with Gasteiger partial charge in [0.2, 0.25) is 5.91 Å². The third-order valence-corrected chi connectivity index (χ3v) is 6.87. The molecule has 0 saturated carbocycles. The molecule has 2 unspecified atom stereocenters. The highest BCUT2D eigenvalue weighted by molar-refractivity contribution is 7.85. The highest BCUT2D eigenvalue weighted by Crippen LogP contribution is 2.08. The van der Waals surface area contributed by atoms with Gasteiger partial charge < -0.3 is 10.4 Å². The zero-order valence-electron chi connectivity index (χ0n) is 25.4. The van der Waals surface area contributed by atoms with Crippen molar-refractivity contribution in [3.05, 3.63) is 85.1 Å². The molecule has 2 atom stereocenters. The van der Waals surface area contributed by atoms with Crippen molar-refractivity contribution >= 4 is 16.0 Å². The molecular weight excluding hydrogens is 534 g/mol. The number of rotatable bonds is 25. The Bertz CT molecular complexity index is 958. The van der Waals surface area contributed by atoms with E-state index in [1.54, 1.807) is 6.08 Å². The van der Waals surface area contributed by atoms with Gasteiger partial charge in [-0.1, -0.05) is 125 Å². The smallest absolute Gasteiger partial charge is 0.267 e. The fourth-order valence-electron chi connectivity index (χ4n) is 3.82. The number of hydrogen-bond donors (Lipinski definition) is 3. The van der Waals surface area contributed by atoms with E-state index in [1.165, 1.54) is 25.3 Å². The van der Waals surface area contributed by atoms with Crippen LogP contribution in [0.15, 0.2) is 85.1 Å². The monoisotopic (exact) mass is 589 g/mol. The van der Waals surface area contributed by atoms with Crippen molar-refractivity contribution in [2.75, 3.05) is 5.75 Å². The fourth-order valence-corrected chi connectivity index (χ4v) is 4.56. The Labute approximate surface area is 250 Å². The largest absolute Gasteiger partial charge is 0.387 e. The van der Waals surface area contributed by atoms with E-state index in [9.17, 15) is 22.9 Å². The summed E-state index contributed by atoms with van der Waals surface area (Å²) in [7, 11) is -4.36. The van der Waals surface area contributed by atoms with Crippen molar-refractivity contribution in [1.29, 1.82) is 0 Å². The molecule has 0 saturated heterocycles. The molecule has 0 heterocycles. The quantitative estimate of drug-likeness (QED) is 0.0567. The van der Waals surface area contributed by atoms with Gasteiger partial charge in [0.15, 0.2) is 0 Å². The molecule has 0 aromatic heterocycles. The van der Waals surface area contributed by atoms with Crippen molar-refractivity contribution in [3.8, 4) is 0 Å². The van der Waals surface area contributed by atoms with Crippen molar-refractivity contribution in [1.82, 2.24) is 5.32 Å². The van der Waals surface area contributed by atoms with Crippen molar-refractivity contribution < 1.29 is 22.9 Å². The topological polar surface area (TPSA) is 104 Å². The predicted octanol–water partition coefficient (Wildman–Crippen LogP) is 8.11. The number of carbonyl (C=O) groups is 1. The summed E-state index contributed by atoms with van der Waals surface area (Å²) in [5, 5.41) is 12.9. The maximum Gasteiger partial charge on any atom is 0.267 e. The molecule has 0 aliphatic heterocycles. The van der Waals surface area contributed by atoms with Gasteiger partial charge in [-0.05, 0) is 57.8 Å². The molecule has 0 aliphatic rings. The number of aliphatic hydroxyl groups is 1. The average molecular weight is 590 g/mol. The number of hydrogen-bond acceptors (Lipinski definition) is 4. The van der Waals surface area contributed by atoms with Crippen LogP contribution in [-0.2, 0) is 14.9 Å². The summed E-state index contributed by atoms with van der Waals surface area (Å²) in [6, 6.07) is -1.10. The molecule has 0 fully saturated rings. The highest BCUT2D eigenvalue weighted by atomic mass is 32.2. The van der Waals surface area contributed by atoms with Crippen LogP contribution in [0.3, 0.4) is 0 Å². The molecule has 0 aliphatic carbocycles. The van der Waals surface area contributed by atoms with Crippen LogP contribution in [0.2, 0.25) is 0 Å². The first-order valence-corrected chi connectivity index (χ1v) is 16.9. The zero-order chi connectivity index (χ0) is 30.4. The Kier molecular flexibility index (Phi) is 26.0. The minimum absolute atomic E-state index is 0.165. The summed E-state index contributed by atoms with van der Waals surface area (Å²) in [5.74, 6) is -1.11. The molecule has 232 valence electrons. The van der Waals surface area contributed by atoms with Gasteiger partial charge in [0, 0.05) is 6.42 Å². The van der Waals surface area contributed by atoms with Gasteiger partial charge in [-0.2, -0.15) is 8.42 Å². The van der Waals surface area contributed by atoms with Crippen LogP contribution in [0.4, 0.5) is 0 Å². The number of aliphatic hydroxyl groups excluding tert-OH is 1. The summed E-state index contributed by atoms with van der Waals surface area (Å²) in [4.78, 5) is 12.3. The lowest BCUT2D eigenvalue weighted by Crippen LogP contribution is -2.46. The molecule has 1 amide bonds. The molecule has 7 heteroatoms. The number of unbranched alkanes of at least 4 members (excludes halogenated alkanes) is 5. The van der Waals surface area contributed by atoms with Gasteiger partial charge in [-0.3, -0.25) is 9.35 Å². The molecular formula is C34H55NO5S. The first-order valence-electron chi connectivity index (χ1n) is 15.3. The summed E-state index contributed by atoms with van der Waals surface area (Å²) < 4.78 is 32.0. The van der Waals surface area contributed by atoms with E-state index >= 15 is 0 Å². The number of amides is 1. The summed E-state index contributed by atoms with van der Waals surface area (Å²) >= 11 is 0. The van der Waals surface area contributed by atoms with E-state index in [4.69, 9.17) is 0 Å². The average Bonchev–Trinajstić information content (AvgIpc) is 2.92. The molecule has 0 aromatic rings. The van der Waals surface area contributed by atoms with E-state index in [2.05, 4.69) is 79.9 Å². The van der Waals surface area contributed by atoms with E-state index < -0.39 is 28.0 Å². The Hall–Kier alpha value is -2.48. The lowest BCUT2D eigenvalue weighted by Gasteiger charge is -2.20. The lowest BCUT2D eigenvalue weighted by molar-refractivity contribution is -0.122. The number of allylic oxidation sites excluding steroid dienone is 13. The van der Waals surface area contributed by atoms with Gasteiger partial charge in [0.05, 0.1) is 17.9 Å². The maximum absolute atomic E-state index is 12.3. The Balaban J connectivity index is 4.21. The SMILES string of the molecule is CC/C=C\C/C=C\C/C=C\C/C=C\C/C=C\C/C=C\CCC(=O)NC(CS(=O)(=O)O)C(O)/C=C/CCCCCCC. The molecule has 3 N–H and O–H groups in total. The molecule has 6 nitrogen and oxygen atoms in total. The van der Waals surface area contributed by atoms with E-state index in [1.807, 2.05) is 12.2 Å². The molecule has 0 aromatic carbocycles. The third kappa shape index (κ3) is 28.8. The second-order valence-corrected chi connectivity index (χ2v) is 11.5. The number of carbonyl (C=O) groups excluding carboxylic acids is 1. The maximum atomic E-state index is 12.3. The first kappa shape index (κ1) is 38.5. The van der Waals surface area contributed by atoms with Crippen LogP contribution in [-0.4, -0.2) is 41.9 Å². The van der Waals surface area contributed by atoms with Gasteiger partial charge in [0.1, 0.15) is 0 Å². The Morgan fingerprint density at radius 2 is 1.17 bits per heavy atom. The van der Waals surface area contributed by atoms with Crippen LogP contribution >= 0.6 is 0 Å². The number of nitrogens with one attached hydrogen (secondary N) is 1. The van der Waals surface area contributed by atoms with Gasteiger partial charge in [0.25, 0.3) is 10.1 Å². The Morgan fingerprint density at radius 1 is 0.683 bits per heavy atom. The highest BCUT2D eigenvalue weighted by Gasteiger charge is 2.24. The summed E-state index contributed by atoms with van der Waals surface area (Å²) in [6.45, 7) is 4.29. The van der Waals surface area contributed by atoms with Gasteiger partial charge >= 0.3 is 0 Å². The molecule has 0 radical (unpaired) electrons. The predicted molar refractivity (Wildman–Crippen MR) is 174 cm³/mol. The van der Waals surface area contributed by atoms with E-state index in [-0.39, 0.29) is 12.3 Å². The van der Waals surface area contributed by atoms with Crippen LogP contribution in [0.5, 0.6) is 0 Å². The zero-order valence-corrected chi connectivity index (χ0v) is 26.2. The van der Waals surface area contributed by atoms with Crippen molar-refractivity contribution in [2.45, 2.75) is 116 Å². The molecule has 0 spiro atoms. The van der Waals surface area contributed by atoms with Crippen molar-refractivity contribution in [2.24, 2.45) is 0 Å². The van der Waals surface area contributed by atoms with Gasteiger partial charge in [-0.25, -0.2) is 0 Å². The molecule has 41 heavy (non-hydrogen) atoms. The Morgan fingerprint density at radius 3 is 1.66 bits per heavy atom. The van der Waals surface area contributed by atoms with E-state index in [0.29, 0.717) is 6.42 Å². The first-order chi connectivity index (χ1) is 19.8. The third-order valence-electron chi connectivity index (χ3n) is 6.09. The fraction of sp³-hybridized carbons (Fsp3) is 0.559. The van der Waals surface area contributed by atoms with Crippen LogP contribution in [0, 0.1) is 0 Å². The standard InChI is InChI=1S/C34H55NO5S/c1-3-5-7-9-11-12-13-14-15-16-17-18-19-20-21-22-24-26-28-30-34(37)35-32(31-41(38,39)40)33(36)29-27-25-23-10-8-6-4-2/h5,7,11-12,14-15,17-18,20-21,24,26-27,29,32-33,36H,3-4,6,8-10,13,16,19,22-23,25,28,30-31H2,1-2H3,(H,35,37)(H,38,39,40)/b7-5-,12-11-,15-14-,18-17-,21-20-,26-24-,29-27+. The molecule has 0 bridgehead atoms. The second kappa shape index (κ2) is 27.7. The molecule has 0 rings (SSSR count). The normalized spacial score (nSPS) is 14.7. The minimum atomic E-state index is -4.36. The van der Waals surface area contributed by atoms with E-state index in [0.717, 1.165) is 57.8 Å². The minimum Gasteiger partial charge on any atom is -0.387 e. The van der Waals surface area contributed by atoms with Crippen LogP contribution < -0.4 is 5.32 Å². The van der Waals surface area contributed by atoms with Crippen LogP contribution in [0.1, 0.15) is 104 Å². The lowest BCUT2D eigenvalue weighted by atomic mass is 10.1. The second-order valence-electron chi connectivity index (χ2n) is 10.00. The van der Waals surface area contributed by atoms with Crippen LogP contribution in [0.25, 0.3) is 0 Å². The summed E-state index contributed by atoms with van der Waals surface area (Å²) in [5.41, 5.74) is 0. The summed E-state index contributed by atoms with van der Waals surface area (Å²) in [6.07, 6.45) is 40.2. The van der Waals surface area contributed by atoms with Gasteiger partial charge in [-0.15, -0.1) is 0 Å².